The van der Waals surface area contributed by atoms with Gasteiger partial charge in [0.05, 0.1) is 19.5 Å². The summed E-state index contributed by atoms with van der Waals surface area (Å²) in [6.07, 6.45) is 5.84. The van der Waals surface area contributed by atoms with E-state index in [9.17, 15) is 0 Å². The smallest absolute Gasteiger partial charge is 0.286 e. The van der Waals surface area contributed by atoms with Gasteiger partial charge < -0.3 is 10.1 Å². The molecule has 26 heavy (non-hydrogen) atoms. The summed E-state index contributed by atoms with van der Waals surface area (Å²) >= 11 is 0. The van der Waals surface area contributed by atoms with Gasteiger partial charge in [-0.15, -0.1) is 0 Å². The molecule has 0 unspecified atom stereocenters. The van der Waals surface area contributed by atoms with Crippen molar-refractivity contribution in [1.82, 2.24) is 15.3 Å². The third kappa shape index (κ3) is 4.00. The van der Waals surface area contributed by atoms with Crippen molar-refractivity contribution in [2.45, 2.75) is 6.61 Å². The van der Waals surface area contributed by atoms with Crippen LogP contribution in [0.15, 0.2) is 65.0 Å². The van der Waals surface area contributed by atoms with Gasteiger partial charge in [0.2, 0.25) is 5.96 Å². The van der Waals surface area contributed by atoms with Crippen LogP contribution in [0.5, 0.6) is 5.75 Å². The molecular formula is C19H23N6O+. The summed E-state index contributed by atoms with van der Waals surface area (Å²) in [5, 5.41) is 7.02. The predicted molar refractivity (Wildman–Crippen MR) is 102 cm³/mol. The maximum Gasteiger partial charge on any atom is 0.286 e. The maximum absolute atomic E-state index is 5.91. The number of hydrazone groups is 1. The molecule has 0 aliphatic carbocycles. The van der Waals surface area contributed by atoms with Crippen LogP contribution in [0.1, 0.15) is 11.3 Å². The Morgan fingerprint density at radius 2 is 2.04 bits per heavy atom. The molecule has 3 aromatic rings. The zero-order chi connectivity index (χ0) is 18.4. The first kappa shape index (κ1) is 17.5. The average molecular weight is 351 g/mol. The fourth-order valence-corrected chi connectivity index (χ4v) is 2.56. The van der Waals surface area contributed by atoms with Gasteiger partial charge in [0.25, 0.3) is 5.65 Å². The lowest BCUT2D eigenvalue weighted by Crippen LogP contribution is -2.30. The van der Waals surface area contributed by atoms with Crippen molar-refractivity contribution in [3.63, 3.8) is 0 Å². The Labute approximate surface area is 152 Å². The zero-order valence-corrected chi connectivity index (χ0v) is 15.2. The lowest BCUT2D eigenvalue weighted by Gasteiger charge is -2.05. The highest BCUT2D eigenvalue weighted by atomic mass is 16.5. The molecule has 0 aliphatic heterocycles. The third-order valence-electron chi connectivity index (χ3n) is 4.04. The minimum absolute atomic E-state index is 0.506. The Hall–Kier alpha value is -3.35. The molecule has 134 valence electrons. The highest BCUT2D eigenvalue weighted by Gasteiger charge is 2.13. The largest absolute Gasteiger partial charge is 0.485 e. The number of pyridine rings is 1. The Bertz CT molecular complexity index is 927. The van der Waals surface area contributed by atoms with Crippen LogP contribution < -0.4 is 19.9 Å². The quantitative estimate of drug-likeness (QED) is 0.317. The molecule has 1 aromatic carbocycles. The van der Waals surface area contributed by atoms with Crippen molar-refractivity contribution >= 4 is 17.8 Å². The molecule has 0 saturated carbocycles. The van der Waals surface area contributed by atoms with Crippen LogP contribution in [0.3, 0.4) is 0 Å². The fraction of sp³-hybridized carbons (Fsp3) is 0.211. The van der Waals surface area contributed by atoms with E-state index >= 15 is 0 Å². The molecule has 2 N–H and O–H groups in total. The lowest BCUT2D eigenvalue weighted by molar-refractivity contribution is -0.511. The molecule has 2 aromatic heterocycles. The number of rotatable bonds is 5. The summed E-state index contributed by atoms with van der Waals surface area (Å²) in [4.78, 5) is 3.98. The molecule has 7 heteroatoms. The number of hydrogen-bond acceptors (Lipinski definition) is 3. The van der Waals surface area contributed by atoms with E-state index in [1.165, 1.54) is 0 Å². The zero-order valence-electron chi connectivity index (χ0n) is 15.2. The van der Waals surface area contributed by atoms with Gasteiger partial charge in [0.15, 0.2) is 12.3 Å². The maximum atomic E-state index is 5.91. The van der Waals surface area contributed by atoms with E-state index in [2.05, 4.69) is 42.1 Å². The van der Waals surface area contributed by atoms with Crippen LogP contribution in [0.4, 0.5) is 0 Å². The summed E-state index contributed by atoms with van der Waals surface area (Å²) in [6, 6.07) is 13.9. The van der Waals surface area contributed by atoms with Gasteiger partial charge in [-0.25, -0.2) is 14.4 Å². The molecule has 0 atom stereocenters. The number of benzene rings is 1. The van der Waals surface area contributed by atoms with Gasteiger partial charge >= 0.3 is 0 Å². The number of nitrogens with zero attached hydrogens (tertiary/aromatic N) is 4. The van der Waals surface area contributed by atoms with Gasteiger partial charge in [0, 0.05) is 20.2 Å². The highest BCUT2D eigenvalue weighted by molar-refractivity contribution is 5.83. The molecule has 3 rings (SSSR count). The molecule has 0 radical (unpaired) electrons. The summed E-state index contributed by atoms with van der Waals surface area (Å²) in [6.45, 7) is 0.506. The SMILES string of the molecule is CN=C(NC)N/N=C\c1ccc(OCc2c[n+]3ccccc3n2C)cc1. The number of fused-ring (bicyclic) bond motifs is 1. The van der Waals surface area contributed by atoms with Crippen molar-refractivity contribution in [2.75, 3.05) is 14.1 Å². The molecule has 2 heterocycles. The summed E-state index contributed by atoms with van der Waals surface area (Å²) < 4.78 is 10.1. The normalized spacial score (nSPS) is 11.9. The molecule has 0 amide bonds. The van der Waals surface area contributed by atoms with Gasteiger partial charge in [0.1, 0.15) is 11.9 Å². The number of ether oxygens (including phenoxy) is 1. The first-order valence-electron chi connectivity index (χ1n) is 8.32. The molecule has 0 aliphatic rings. The first-order chi connectivity index (χ1) is 12.7. The Morgan fingerprint density at radius 1 is 1.23 bits per heavy atom. The van der Waals surface area contributed by atoms with E-state index < -0.39 is 0 Å². The number of guanidine groups is 1. The van der Waals surface area contributed by atoms with Crippen molar-refractivity contribution in [2.24, 2.45) is 17.1 Å². The van der Waals surface area contributed by atoms with Crippen LogP contribution in [-0.4, -0.2) is 30.8 Å². The number of aryl methyl sites for hydroxylation is 1. The Balaban J connectivity index is 1.60. The van der Waals surface area contributed by atoms with Crippen LogP contribution >= 0.6 is 0 Å². The monoisotopic (exact) mass is 351 g/mol. The van der Waals surface area contributed by atoms with Crippen molar-refractivity contribution in [3.8, 4) is 5.75 Å². The fourth-order valence-electron chi connectivity index (χ4n) is 2.56. The second-order valence-electron chi connectivity index (χ2n) is 5.70. The molecule has 0 spiro atoms. The van der Waals surface area contributed by atoms with E-state index in [1.54, 1.807) is 20.3 Å². The summed E-state index contributed by atoms with van der Waals surface area (Å²) in [5.74, 6) is 1.42. The molecule has 0 bridgehead atoms. The molecule has 0 fully saturated rings. The van der Waals surface area contributed by atoms with Crippen molar-refractivity contribution in [1.29, 1.82) is 0 Å². The minimum Gasteiger partial charge on any atom is -0.485 e. The third-order valence-corrected chi connectivity index (χ3v) is 4.04. The number of imidazole rings is 1. The standard InChI is InChI=1S/C19H23N6O/c1-20-19(21-2)23-22-12-15-7-9-17(10-8-15)26-14-16-13-25-11-5-4-6-18(25)24(16)3/h4-13H,14H2,1-3H3,(H2,20,21,23)/q+1/b22-12-. The number of hydrogen-bond donors (Lipinski definition) is 2. The van der Waals surface area contributed by atoms with Crippen molar-refractivity contribution in [3.05, 3.63) is 66.1 Å². The van der Waals surface area contributed by atoms with E-state index in [-0.39, 0.29) is 0 Å². The second kappa shape index (κ2) is 8.15. The van der Waals surface area contributed by atoms with Crippen LogP contribution in [0, 0.1) is 0 Å². The van der Waals surface area contributed by atoms with E-state index in [0.29, 0.717) is 12.6 Å². The Morgan fingerprint density at radius 3 is 2.73 bits per heavy atom. The first-order valence-corrected chi connectivity index (χ1v) is 8.32. The summed E-state index contributed by atoms with van der Waals surface area (Å²) in [7, 11) is 5.51. The highest BCUT2D eigenvalue weighted by Crippen LogP contribution is 2.14. The lowest BCUT2D eigenvalue weighted by atomic mass is 10.2. The molecule has 0 saturated heterocycles. The average Bonchev–Trinajstić information content (AvgIpc) is 3.01. The van der Waals surface area contributed by atoms with Gasteiger partial charge in [-0.05, 0) is 35.9 Å². The number of aromatic nitrogens is 2. The predicted octanol–water partition coefficient (Wildman–Crippen LogP) is 1.47. The van der Waals surface area contributed by atoms with Crippen LogP contribution in [0.25, 0.3) is 5.65 Å². The van der Waals surface area contributed by atoms with Gasteiger partial charge in [-0.3, -0.25) is 4.99 Å². The van der Waals surface area contributed by atoms with E-state index in [4.69, 9.17) is 4.74 Å². The Kier molecular flexibility index (Phi) is 5.48. The molecule has 7 nitrogen and oxygen atoms in total. The van der Waals surface area contributed by atoms with Crippen molar-refractivity contribution < 1.29 is 9.14 Å². The van der Waals surface area contributed by atoms with Crippen LogP contribution in [0.2, 0.25) is 0 Å². The van der Waals surface area contributed by atoms with E-state index in [1.807, 2.05) is 49.6 Å². The summed E-state index contributed by atoms with van der Waals surface area (Å²) in [5.41, 5.74) is 6.02. The topological polar surface area (TPSA) is 67.0 Å². The van der Waals surface area contributed by atoms with E-state index in [0.717, 1.165) is 22.7 Å². The van der Waals surface area contributed by atoms with Crippen LogP contribution in [-0.2, 0) is 13.7 Å². The minimum atomic E-state index is 0.506. The molecular weight excluding hydrogens is 328 g/mol. The van der Waals surface area contributed by atoms with Gasteiger partial charge in [-0.2, -0.15) is 5.10 Å². The second-order valence-corrected chi connectivity index (χ2v) is 5.70. The number of nitrogens with one attached hydrogen (secondary N) is 2. The number of aliphatic imine (C=N–C) groups is 1. The van der Waals surface area contributed by atoms with Gasteiger partial charge in [-0.1, -0.05) is 6.07 Å².